The molecule has 1 aliphatic carbocycles. The highest BCUT2D eigenvalue weighted by Crippen LogP contribution is 2.52. The van der Waals surface area contributed by atoms with Gasteiger partial charge in [0.2, 0.25) is 0 Å². The number of imidazole rings is 1. The normalized spacial score (nSPS) is 17.8. The molecule has 0 saturated carbocycles. The summed E-state index contributed by atoms with van der Waals surface area (Å²) in [5, 5.41) is 0. The van der Waals surface area contributed by atoms with Gasteiger partial charge in [-0.15, -0.1) is 0 Å². The Kier molecular flexibility index (Phi) is 6.92. The molecule has 5 rings (SSSR count). The molecule has 10 heteroatoms. The number of benzene rings is 2. The van der Waals surface area contributed by atoms with Crippen LogP contribution in [0.5, 0.6) is 0 Å². The van der Waals surface area contributed by atoms with Crippen LogP contribution in [-0.4, -0.2) is 44.4 Å². The Balaban J connectivity index is 1.63. The maximum Gasteiger partial charge on any atom is 0.420 e. The Morgan fingerprint density at radius 3 is 2.20 bits per heavy atom. The van der Waals surface area contributed by atoms with Crippen molar-refractivity contribution in [2.75, 3.05) is 6.54 Å². The number of alkyl halides is 2. The minimum absolute atomic E-state index is 0.0853. The van der Waals surface area contributed by atoms with E-state index in [9.17, 15) is 9.59 Å². The van der Waals surface area contributed by atoms with Gasteiger partial charge in [0.25, 0.3) is 5.92 Å². The van der Waals surface area contributed by atoms with Gasteiger partial charge < -0.3 is 9.47 Å². The molecule has 7 nitrogen and oxygen atoms in total. The van der Waals surface area contributed by atoms with E-state index < -0.39 is 35.4 Å². The van der Waals surface area contributed by atoms with E-state index in [-0.39, 0.29) is 29.2 Å². The van der Waals surface area contributed by atoms with Crippen molar-refractivity contribution < 1.29 is 27.8 Å². The Morgan fingerprint density at radius 1 is 0.976 bits per heavy atom. The van der Waals surface area contributed by atoms with Gasteiger partial charge in [-0.05, 0) is 77.3 Å². The van der Waals surface area contributed by atoms with Crippen LogP contribution in [0.25, 0.3) is 22.4 Å². The van der Waals surface area contributed by atoms with Crippen molar-refractivity contribution in [2.45, 2.75) is 71.1 Å². The maximum atomic E-state index is 15.7. The highest BCUT2D eigenvalue weighted by atomic mass is 79.9. The van der Waals surface area contributed by atoms with Gasteiger partial charge >= 0.3 is 12.2 Å². The van der Waals surface area contributed by atoms with Crippen LogP contribution in [0, 0.1) is 0 Å². The van der Waals surface area contributed by atoms with Crippen molar-refractivity contribution in [2.24, 2.45) is 0 Å². The summed E-state index contributed by atoms with van der Waals surface area (Å²) < 4.78 is 44.5. The molecule has 1 saturated heterocycles. The molecule has 0 bridgehead atoms. The Morgan fingerprint density at radius 2 is 1.56 bits per heavy atom. The Bertz CT molecular complexity index is 1580. The topological polar surface area (TPSA) is 73.7 Å². The molecule has 1 atom stereocenters. The lowest BCUT2D eigenvalue weighted by Crippen LogP contribution is -2.38. The highest BCUT2D eigenvalue weighted by Gasteiger charge is 2.45. The van der Waals surface area contributed by atoms with Crippen molar-refractivity contribution in [1.82, 2.24) is 14.5 Å². The number of carbonyl (C=O) groups is 2. The van der Waals surface area contributed by atoms with Gasteiger partial charge in [0.1, 0.15) is 17.0 Å². The summed E-state index contributed by atoms with van der Waals surface area (Å²) in [6, 6.07) is 8.87. The number of halogens is 3. The molecular formula is C31H32BrF2N3O4. The van der Waals surface area contributed by atoms with Crippen LogP contribution >= 0.6 is 15.9 Å². The van der Waals surface area contributed by atoms with Crippen molar-refractivity contribution >= 4 is 28.1 Å². The third kappa shape index (κ3) is 5.41. The van der Waals surface area contributed by atoms with Crippen molar-refractivity contribution in [3.63, 3.8) is 0 Å². The lowest BCUT2D eigenvalue weighted by Gasteiger charge is -2.29. The zero-order valence-corrected chi connectivity index (χ0v) is 25.4. The van der Waals surface area contributed by atoms with E-state index in [2.05, 4.69) is 27.5 Å². The number of nitrogens with zero attached hydrogens (tertiary/aromatic N) is 3. The van der Waals surface area contributed by atoms with E-state index in [1.807, 2.05) is 0 Å². The lowest BCUT2D eigenvalue weighted by atomic mass is 10.0. The van der Waals surface area contributed by atoms with Gasteiger partial charge in [-0.2, -0.15) is 8.78 Å². The van der Waals surface area contributed by atoms with Gasteiger partial charge in [0.05, 0.1) is 17.9 Å². The number of hydrogen-bond acceptors (Lipinski definition) is 5. The summed E-state index contributed by atoms with van der Waals surface area (Å²) in [5.41, 5.74) is 0.449. The fraction of sp³-hybridized carbons (Fsp3) is 0.387. The van der Waals surface area contributed by atoms with E-state index in [4.69, 9.17) is 9.47 Å². The number of likely N-dealkylation sites (tertiary alicyclic amines) is 1. The van der Waals surface area contributed by atoms with Gasteiger partial charge in [-0.3, -0.25) is 4.90 Å². The molecule has 1 aromatic heterocycles. The van der Waals surface area contributed by atoms with Crippen molar-refractivity contribution in [3.8, 4) is 22.4 Å². The minimum Gasteiger partial charge on any atom is -0.444 e. The second-order valence-corrected chi connectivity index (χ2v) is 13.3. The first-order chi connectivity index (χ1) is 19.0. The summed E-state index contributed by atoms with van der Waals surface area (Å²) in [6.07, 6.45) is 0.501. The van der Waals surface area contributed by atoms with Crippen LogP contribution in [0.3, 0.4) is 0 Å². The fourth-order valence-corrected chi connectivity index (χ4v) is 5.56. The standard InChI is InChI=1S/C31H32BrF2N3O4/c1-17-12-24(36(16-17)27(38)40-29(2,3)4)26-35-15-25(37(26)28(39)41-30(5,6)7)18-8-10-20-21-11-9-19(32)14-23(21)31(33,34)22(20)13-18/h8-11,13-15,24H,1,12,16H2,2-7H3/t24-/m0/s1. The molecule has 1 amide bonds. The van der Waals surface area contributed by atoms with Gasteiger partial charge in [-0.25, -0.2) is 19.1 Å². The molecule has 1 aliphatic heterocycles. The van der Waals surface area contributed by atoms with Crippen LogP contribution in [0.4, 0.5) is 18.4 Å². The number of rotatable bonds is 2. The molecule has 2 aliphatic rings. The third-order valence-electron chi connectivity index (χ3n) is 6.81. The quantitative estimate of drug-likeness (QED) is 0.266. The zero-order chi connectivity index (χ0) is 30.1. The molecule has 2 heterocycles. The lowest BCUT2D eigenvalue weighted by molar-refractivity contribution is 0.0210. The van der Waals surface area contributed by atoms with Crippen LogP contribution in [0.1, 0.15) is 71.0 Å². The highest BCUT2D eigenvalue weighted by molar-refractivity contribution is 9.10. The van der Waals surface area contributed by atoms with Gasteiger partial charge in [-0.1, -0.05) is 46.3 Å². The molecule has 1 fully saturated rings. The number of amides is 1. The number of aromatic nitrogens is 2. The van der Waals surface area contributed by atoms with Gasteiger partial charge in [0.15, 0.2) is 0 Å². The van der Waals surface area contributed by atoms with Crippen LogP contribution in [0.2, 0.25) is 0 Å². The molecule has 216 valence electrons. The first-order valence-corrected chi connectivity index (χ1v) is 14.1. The summed E-state index contributed by atoms with van der Waals surface area (Å²) in [4.78, 5) is 32.8. The van der Waals surface area contributed by atoms with E-state index in [1.165, 1.54) is 27.8 Å². The molecule has 0 radical (unpaired) electrons. The fourth-order valence-electron chi connectivity index (χ4n) is 5.20. The van der Waals surface area contributed by atoms with E-state index >= 15 is 8.78 Å². The number of hydrogen-bond donors (Lipinski definition) is 0. The number of ether oxygens (including phenoxy) is 2. The zero-order valence-electron chi connectivity index (χ0n) is 23.8. The summed E-state index contributed by atoms with van der Waals surface area (Å²) in [7, 11) is 0. The Hall–Kier alpha value is -3.53. The van der Waals surface area contributed by atoms with Crippen LogP contribution in [0.15, 0.2) is 59.2 Å². The van der Waals surface area contributed by atoms with E-state index in [0.29, 0.717) is 27.6 Å². The molecule has 0 N–H and O–H groups in total. The molecular weight excluding hydrogens is 596 g/mol. The molecule has 2 aromatic carbocycles. The molecule has 0 spiro atoms. The summed E-state index contributed by atoms with van der Waals surface area (Å²) in [5.74, 6) is -3.00. The first kappa shape index (κ1) is 29.0. The summed E-state index contributed by atoms with van der Waals surface area (Å²) >= 11 is 3.29. The molecule has 41 heavy (non-hydrogen) atoms. The van der Waals surface area contributed by atoms with Crippen LogP contribution in [-0.2, 0) is 15.4 Å². The number of carbonyl (C=O) groups excluding carboxylic acids is 2. The van der Waals surface area contributed by atoms with Crippen LogP contribution < -0.4 is 0 Å². The van der Waals surface area contributed by atoms with E-state index in [1.54, 1.807) is 65.8 Å². The Labute approximate surface area is 246 Å². The summed E-state index contributed by atoms with van der Waals surface area (Å²) in [6.45, 7) is 14.8. The van der Waals surface area contributed by atoms with Crippen molar-refractivity contribution in [3.05, 3.63) is 76.2 Å². The second kappa shape index (κ2) is 9.79. The smallest absolute Gasteiger partial charge is 0.420 e. The minimum atomic E-state index is -3.24. The largest absolute Gasteiger partial charge is 0.444 e. The third-order valence-corrected chi connectivity index (χ3v) is 7.30. The van der Waals surface area contributed by atoms with Gasteiger partial charge in [0, 0.05) is 27.7 Å². The molecule has 0 unspecified atom stereocenters. The first-order valence-electron chi connectivity index (χ1n) is 13.3. The second-order valence-electron chi connectivity index (χ2n) is 12.4. The SMILES string of the molecule is C=C1C[C@@H](c2ncc(-c3ccc4c(c3)C(F)(F)c3cc(Br)ccc3-4)n2C(=O)OC(C)(C)C)N(C(=O)OC(C)(C)C)C1. The van der Waals surface area contributed by atoms with E-state index in [0.717, 1.165) is 5.57 Å². The average molecular weight is 629 g/mol. The predicted octanol–water partition coefficient (Wildman–Crippen LogP) is 8.45. The predicted molar refractivity (Wildman–Crippen MR) is 155 cm³/mol. The number of fused-ring (bicyclic) bond motifs is 3. The van der Waals surface area contributed by atoms with Crippen molar-refractivity contribution in [1.29, 1.82) is 0 Å². The average Bonchev–Trinajstić information content (AvgIpc) is 3.50. The maximum absolute atomic E-state index is 15.7. The monoisotopic (exact) mass is 627 g/mol. The molecule has 3 aromatic rings.